The Labute approximate surface area is 128 Å². The van der Waals surface area contributed by atoms with Crippen molar-refractivity contribution in [3.8, 4) is 5.75 Å². The monoisotopic (exact) mass is 360 g/mol. The molecular weight excluding hydrogens is 349 g/mol. The average molecular weight is 361 g/mol. The minimum absolute atomic E-state index is 0.0764. The van der Waals surface area contributed by atoms with Crippen molar-refractivity contribution < 1.29 is 17.9 Å². The number of hydrogen-bond donors (Lipinski definition) is 1. The quantitative estimate of drug-likeness (QED) is 0.840. The third-order valence-electron chi connectivity index (χ3n) is 2.67. The molecule has 0 spiro atoms. The van der Waals surface area contributed by atoms with Crippen LogP contribution in [-0.4, -0.2) is 11.3 Å². The second kappa shape index (κ2) is 6.34. The van der Waals surface area contributed by atoms with E-state index < -0.39 is 6.36 Å². The first kappa shape index (κ1) is 15.6. The van der Waals surface area contributed by atoms with Crippen LogP contribution < -0.4 is 10.1 Å². The molecule has 1 heterocycles. The number of anilines is 1. The van der Waals surface area contributed by atoms with Gasteiger partial charge in [0.05, 0.1) is 16.2 Å². The molecule has 7 heteroatoms. The Kier molecular flexibility index (Phi) is 4.72. The van der Waals surface area contributed by atoms with Gasteiger partial charge in [0.1, 0.15) is 5.75 Å². The van der Waals surface area contributed by atoms with Crippen LogP contribution >= 0.6 is 15.9 Å². The minimum Gasteiger partial charge on any atom is -0.405 e. The van der Waals surface area contributed by atoms with Crippen molar-refractivity contribution in [1.82, 2.24) is 4.98 Å². The lowest BCUT2D eigenvalue weighted by Crippen LogP contribution is -2.17. The summed E-state index contributed by atoms with van der Waals surface area (Å²) >= 11 is 3.07. The summed E-state index contributed by atoms with van der Waals surface area (Å²) in [5.41, 5.74) is 1.50. The molecule has 0 bridgehead atoms. The number of hydrogen-bond acceptors (Lipinski definition) is 3. The molecule has 2 aromatic rings. The maximum atomic E-state index is 12.2. The van der Waals surface area contributed by atoms with E-state index in [-0.39, 0.29) is 16.3 Å². The van der Waals surface area contributed by atoms with Crippen LogP contribution in [0.4, 0.5) is 18.9 Å². The van der Waals surface area contributed by atoms with Gasteiger partial charge in [-0.25, -0.2) is 0 Å². The second-order valence-corrected chi connectivity index (χ2v) is 5.17. The molecule has 0 aliphatic heterocycles. The van der Waals surface area contributed by atoms with E-state index in [1.807, 2.05) is 25.1 Å². The molecule has 0 saturated carbocycles. The molecule has 112 valence electrons. The van der Waals surface area contributed by atoms with Crippen molar-refractivity contribution in [2.75, 3.05) is 5.32 Å². The fraction of sp³-hybridized carbons (Fsp3) is 0.214. The summed E-state index contributed by atoms with van der Waals surface area (Å²) in [7, 11) is 0. The fourth-order valence-corrected chi connectivity index (χ4v) is 2.21. The number of alkyl halides is 3. The average Bonchev–Trinajstić information content (AvgIpc) is 2.41. The predicted octanol–water partition coefficient (Wildman–Crippen LogP) is 4.92. The standard InChI is InChI=1S/C14H12BrF3N2O/c1-9(12-4-2-3-7-19-12)20-10-5-6-13(11(15)8-10)21-14(16,17)18/h2-9,20H,1H3. The Morgan fingerprint density at radius 2 is 2.00 bits per heavy atom. The van der Waals surface area contributed by atoms with E-state index in [9.17, 15) is 13.2 Å². The minimum atomic E-state index is -4.71. The van der Waals surface area contributed by atoms with Crippen LogP contribution in [0.1, 0.15) is 18.7 Å². The summed E-state index contributed by atoms with van der Waals surface area (Å²) in [6.07, 6.45) is -3.03. The summed E-state index contributed by atoms with van der Waals surface area (Å²) in [5.74, 6) is -0.279. The number of rotatable bonds is 4. The Morgan fingerprint density at radius 3 is 2.57 bits per heavy atom. The molecule has 1 aromatic heterocycles. The summed E-state index contributed by atoms with van der Waals surface area (Å²) in [4.78, 5) is 4.22. The van der Waals surface area contributed by atoms with Gasteiger partial charge in [0.2, 0.25) is 0 Å². The first-order valence-corrected chi connectivity index (χ1v) is 6.87. The molecule has 1 aromatic carbocycles. The van der Waals surface area contributed by atoms with Crippen LogP contribution in [0.15, 0.2) is 47.1 Å². The number of benzene rings is 1. The van der Waals surface area contributed by atoms with Crippen molar-refractivity contribution in [2.45, 2.75) is 19.3 Å². The fourth-order valence-electron chi connectivity index (χ4n) is 1.75. The zero-order valence-corrected chi connectivity index (χ0v) is 12.6. The molecular formula is C14H12BrF3N2O. The van der Waals surface area contributed by atoms with Gasteiger partial charge in [-0.2, -0.15) is 0 Å². The Balaban J connectivity index is 2.10. The van der Waals surface area contributed by atoms with Crippen LogP contribution in [0.3, 0.4) is 0 Å². The van der Waals surface area contributed by atoms with Gasteiger partial charge in [0.15, 0.2) is 0 Å². The maximum absolute atomic E-state index is 12.2. The lowest BCUT2D eigenvalue weighted by atomic mass is 10.2. The highest BCUT2D eigenvalue weighted by atomic mass is 79.9. The van der Waals surface area contributed by atoms with E-state index in [1.165, 1.54) is 18.2 Å². The Bertz CT molecular complexity index is 605. The number of ether oxygens (including phenoxy) is 1. The van der Waals surface area contributed by atoms with Gasteiger partial charge in [0.25, 0.3) is 0 Å². The first-order valence-electron chi connectivity index (χ1n) is 6.08. The summed E-state index contributed by atoms with van der Waals surface area (Å²) in [6, 6.07) is 9.78. The smallest absolute Gasteiger partial charge is 0.405 e. The number of nitrogens with one attached hydrogen (secondary N) is 1. The van der Waals surface area contributed by atoms with Crippen molar-refractivity contribution in [3.05, 3.63) is 52.8 Å². The highest BCUT2D eigenvalue weighted by molar-refractivity contribution is 9.10. The molecule has 0 aliphatic carbocycles. The van der Waals surface area contributed by atoms with Crippen molar-refractivity contribution in [1.29, 1.82) is 0 Å². The molecule has 1 atom stereocenters. The maximum Gasteiger partial charge on any atom is 0.573 e. The first-order chi connectivity index (χ1) is 9.85. The summed E-state index contributed by atoms with van der Waals surface area (Å²) < 4.78 is 40.7. The normalized spacial score (nSPS) is 12.8. The molecule has 1 N–H and O–H groups in total. The predicted molar refractivity (Wildman–Crippen MR) is 77.1 cm³/mol. The molecule has 21 heavy (non-hydrogen) atoms. The van der Waals surface area contributed by atoms with Gasteiger partial charge in [-0.1, -0.05) is 6.07 Å². The lowest BCUT2D eigenvalue weighted by Gasteiger charge is -2.16. The SMILES string of the molecule is CC(Nc1ccc(OC(F)(F)F)c(Br)c1)c1ccccn1. The van der Waals surface area contributed by atoms with Crippen LogP contribution in [0.5, 0.6) is 5.75 Å². The Hall–Kier alpha value is -1.76. The van der Waals surface area contributed by atoms with Gasteiger partial charge in [-0.3, -0.25) is 4.98 Å². The van der Waals surface area contributed by atoms with E-state index in [4.69, 9.17) is 0 Å². The topological polar surface area (TPSA) is 34.1 Å². The number of nitrogens with zero attached hydrogens (tertiary/aromatic N) is 1. The van der Waals surface area contributed by atoms with Crippen molar-refractivity contribution in [3.63, 3.8) is 0 Å². The van der Waals surface area contributed by atoms with Crippen LogP contribution in [0.25, 0.3) is 0 Å². The number of halogens is 4. The zero-order chi connectivity index (χ0) is 15.5. The third-order valence-corrected chi connectivity index (χ3v) is 3.29. The number of aromatic nitrogens is 1. The molecule has 0 radical (unpaired) electrons. The molecule has 0 amide bonds. The van der Waals surface area contributed by atoms with Gasteiger partial charge in [-0.05, 0) is 53.2 Å². The third kappa shape index (κ3) is 4.63. The largest absolute Gasteiger partial charge is 0.573 e. The van der Waals surface area contributed by atoms with Gasteiger partial charge >= 0.3 is 6.36 Å². The molecule has 0 saturated heterocycles. The van der Waals surface area contributed by atoms with E-state index in [2.05, 4.69) is 31.0 Å². The molecule has 2 rings (SSSR count). The van der Waals surface area contributed by atoms with Crippen LogP contribution in [0, 0.1) is 0 Å². The summed E-state index contributed by atoms with van der Waals surface area (Å²) in [6.45, 7) is 1.91. The molecule has 0 fully saturated rings. The Morgan fingerprint density at radius 1 is 1.24 bits per heavy atom. The van der Waals surface area contributed by atoms with E-state index in [0.29, 0.717) is 5.69 Å². The van der Waals surface area contributed by atoms with Gasteiger partial charge < -0.3 is 10.1 Å². The molecule has 1 unspecified atom stereocenters. The van der Waals surface area contributed by atoms with E-state index in [0.717, 1.165) is 5.69 Å². The van der Waals surface area contributed by atoms with Crippen LogP contribution in [-0.2, 0) is 0 Å². The highest BCUT2D eigenvalue weighted by Crippen LogP contribution is 2.33. The van der Waals surface area contributed by atoms with Crippen LogP contribution in [0.2, 0.25) is 0 Å². The van der Waals surface area contributed by atoms with Crippen molar-refractivity contribution in [2.24, 2.45) is 0 Å². The molecule has 0 aliphatic rings. The zero-order valence-electron chi connectivity index (χ0n) is 11.0. The molecule has 3 nitrogen and oxygen atoms in total. The lowest BCUT2D eigenvalue weighted by molar-refractivity contribution is -0.274. The van der Waals surface area contributed by atoms with E-state index >= 15 is 0 Å². The summed E-state index contributed by atoms with van der Waals surface area (Å²) in [5, 5.41) is 3.16. The van der Waals surface area contributed by atoms with Gasteiger partial charge in [-0.15, -0.1) is 13.2 Å². The second-order valence-electron chi connectivity index (χ2n) is 4.31. The van der Waals surface area contributed by atoms with E-state index in [1.54, 1.807) is 6.20 Å². The van der Waals surface area contributed by atoms with Gasteiger partial charge in [0, 0.05) is 11.9 Å². The highest BCUT2D eigenvalue weighted by Gasteiger charge is 2.31. The number of pyridine rings is 1. The van der Waals surface area contributed by atoms with Crippen molar-refractivity contribution >= 4 is 21.6 Å².